The lowest BCUT2D eigenvalue weighted by molar-refractivity contribution is -0.222. The largest absolute Gasteiger partial charge is 0.522 e. The molecule has 0 fully saturated rings. The van der Waals surface area contributed by atoms with E-state index in [-0.39, 0.29) is 10.6 Å². The van der Waals surface area contributed by atoms with Crippen LogP contribution in [0.25, 0.3) is 0 Å². The summed E-state index contributed by atoms with van der Waals surface area (Å²) in [6.45, 7) is 2.01. The third-order valence-electron chi connectivity index (χ3n) is 1.69. The van der Waals surface area contributed by atoms with E-state index >= 15 is 0 Å². The van der Waals surface area contributed by atoms with Crippen LogP contribution in [0.2, 0.25) is 0 Å². The topological polar surface area (TPSA) is 43.6 Å². The minimum absolute atomic E-state index is 0.149. The molecule has 0 spiro atoms. The second kappa shape index (κ2) is 4.39. The molecule has 14 heavy (non-hydrogen) atoms. The van der Waals surface area contributed by atoms with E-state index in [1.54, 1.807) is 0 Å². The van der Waals surface area contributed by atoms with Crippen molar-refractivity contribution in [3.8, 4) is 0 Å². The van der Waals surface area contributed by atoms with Gasteiger partial charge in [0.05, 0.1) is 0 Å². The number of aromatic nitrogens is 4. The predicted octanol–water partition coefficient (Wildman–Crippen LogP) is 1.88. The van der Waals surface area contributed by atoms with Crippen molar-refractivity contribution in [2.45, 2.75) is 38.9 Å². The number of aryl methyl sites for hydroxylation is 1. The van der Waals surface area contributed by atoms with Gasteiger partial charge >= 0.3 is 6.30 Å². The van der Waals surface area contributed by atoms with Crippen molar-refractivity contribution in [2.24, 2.45) is 0 Å². The summed E-state index contributed by atoms with van der Waals surface area (Å²) >= 11 is 0. The molecule has 0 saturated heterocycles. The maximum absolute atomic E-state index is 12.0. The highest BCUT2D eigenvalue weighted by Gasteiger charge is 2.34. The summed E-state index contributed by atoms with van der Waals surface area (Å²) in [7, 11) is 0. The molecule has 0 atom stereocenters. The molecule has 1 aromatic rings. The Morgan fingerprint density at radius 1 is 1.29 bits per heavy atom. The number of hydrogen-bond acceptors (Lipinski definition) is 3. The van der Waals surface area contributed by atoms with Gasteiger partial charge in [-0.2, -0.15) is 0 Å². The first-order chi connectivity index (χ1) is 6.54. The molecule has 0 radical (unpaired) electrons. The minimum atomic E-state index is -4.56. The summed E-state index contributed by atoms with van der Waals surface area (Å²) < 4.78 is 36.0. The van der Waals surface area contributed by atoms with Gasteiger partial charge in [0.25, 0.3) is 0 Å². The lowest BCUT2D eigenvalue weighted by Gasteiger charge is -2.00. The Labute approximate surface area is 79.1 Å². The van der Waals surface area contributed by atoms with Crippen LogP contribution in [0.15, 0.2) is 0 Å². The highest BCUT2D eigenvalue weighted by Crippen LogP contribution is 2.18. The van der Waals surface area contributed by atoms with Crippen LogP contribution in [0.5, 0.6) is 0 Å². The molecule has 1 rings (SSSR count). The van der Waals surface area contributed by atoms with E-state index in [4.69, 9.17) is 0 Å². The number of unbranched alkanes of at least 4 members (excludes halogenated alkanes) is 2. The Morgan fingerprint density at radius 3 is 2.50 bits per heavy atom. The average molecular weight is 208 g/mol. The lowest BCUT2D eigenvalue weighted by atomic mass is 10.2. The maximum atomic E-state index is 12.0. The second-order valence-electron chi connectivity index (χ2n) is 2.92. The summed E-state index contributed by atoms with van der Waals surface area (Å²) in [6, 6.07) is 0. The van der Waals surface area contributed by atoms with E-state index in [0.29, 0.717) is 6.42 Å². The van der Waals surface area contributed by atoms with Gasteiger partial charge in [-0.3, -0.25) is 0 Å². The predicted molar refractivity (Wildman–Crippen MR) is 42.3 cm³/mol. The van der Waals surface area contributed by atoms with Gasteiger partial charge in [0.1, 0.15) is 0 Å². The zero-order chi connectivity index (χ0) is 10.6. The molecule has 0 aliphatic rings. The van der Waals surface area contributed by atoms with Gasteiger partial charge in [-0.1, -0.05) is 24.6 Å². The van der Waals surface area contributed by atoms with Crippen LogP contribution in [-0.4, -0.2) is 20.2 Å². The van der Waals surface area contributed by atoms with Crippen LogP contribution >= 0.6 is 0 Å². The van der Waals surface area contributed by atoms with Crippen LogP contribution < -0.4 is 0 Å². The molecule has 0 unspecified atom stereocenters. The average Bonchev–Trinajstić information content (AvgIpc) is 2.52. The maximum Gasteiger partial charge on any atom is 0.522 e. The van der Waals surface area contributed by atoms with E-state index in [0.717, 1.165) is 19.3 Å². The number of halogens is 3. The number of alkyl halides is 3. The first kappa shape index (κ1) is 10.9. The fourth-order valence-corrected chi connectivity index (χ4v) is 0.984. The molecular weight excluding hydrogens is 197 g/mol. The van der Waals surface area contributed by atoms with Crippen molar-refractivity contribution < 1.29 is 13.2 Å². The zero-order valence-corrected chi connectivity index (χ0v) is 7.75. The molecule has 7 heteroatoms. The number of rotatable bonds is 4. The van der Waals surface area contributed by atoms with Crippen molar-refractivity contribution in [3.05, 3.63) is 5.82 Å². The standard InChI is InChI=1S/C7H11F3N4/c1-2-3-4-5-6-11-13-14(12-6)7(8,9)10/h2-5H2,1H3. The van der Waals surface area contributed by atoms with Gasteiger partial charge in [0.2, 0.25) is 0 Å². The first-order valence-electron chi connectivity index (χ1n) is 4.40. The van der Waals surface area contributed by atoms with Crippen LogP contribution in [0, 0.1) is 0 Å². The molecule has 80 valence electrons. The van der Waals surface area contributed by atoms with E-state index in [1.165, 1.54) is 0 Å². The van der Waals surface area contributed by atoms with Crippen molar-refractivity contribution in [3.63, 3.8) is 0 Å². The Bertz CT molecular complexity index is 281. The van der Waals surface area contributed by atoms with Crippen molar-refractivity contribution in [1.29, 1.82) is 0 Å². The molecule has 1 aromatic heterocycles. The van der Waals surface area contributed by atoms with Gasteiger partial charge in [0.15, 0.2) is 5.82 Å². The smallest absolute Gasteiger partial charge is 0.147 e. The van der Waals surface area contributed by atoms with Crippen molar-refractivity contribution in [1.82, 2.24) is 20.2 Å². The van der Waals surface area contributed by atoms with Gasteiger partial charge in [0, 0.05) is 6.42 Å². The summed E-state index contributed by atoms with van der Waals surface area (Å²) in [6.07, 6.45) is -1.35. The molecule has 0 aliphatic carbocycles. The monoisotopic (exact) mass is 208 g/mol. The summed E-state index contributed by atoms with van der Waals surface area (Å²) in [5.74, 6) is 0.149. The van der Waals surface area contributed by atoms with Crippen LogP contribution in [0.4, 0.5) is 13.2 Å². The third kappa shape index (κ3) is 2.97. The molecule has 0 bridgehead atoms. The number of hydrogen-bond donors (Lipinski definition) is 0. The fourth-order valence-electron chi connectivity index (χ4n) is 0.984. The van der Waals surface area contributed by atoms with Crippen LogP contribution in [0.1, 0.15) is 32.0 Å². The van der Waals surface area contributed by atoms with E-state index < -0.39 is 6.30 Å². The molecule has 0 aliphatic heterocycles. The molecule has 1 heterocycles. The second-order valence-corrected chi connectivity index (χ2v) is 2.92. The fraction of sp³-hybridized carbons (Fsp3) is 0.857. The molecule has 0 N–H and O–H groups in total. The Morgan fingerprint density at radius 2 is 2.00 bits per heavy atom. The summed E-state index contributed by atoms with van der Waals surface area (Å²) in [5, 5.41) is 9.46. The third-order valence-corrected chi connectivity index (χ3v) is 1.69. The number of tetrazole rings is 1. The minimum Gasteiger partial charge on any atom is -0.147 e. The first-order valence-corrected chi connectivity index (χ1v) is 4.40. The van der Waals surface area contributed by atoms with E-state index in [9.17, 15) is 13.2 Å². The molecule has 0 saturated carbocycles. The van der Waals surface area contributed by atoms with Gasteiger partial charge in [-0.15, -0.1) is 23.4 Å². The molecule has 4 nitrogen and oxygen atoms in total. The quantitative estimate of drug-likeness (QED) is 0.709. The summed E-state index contributed by atoms with van der Waals surface area (Å²) in [4.78, 5) is -0.311. The van der Waals surface area contributed by atoms with Crippen molar-refractivity contribution in [2.75, 3.05) is 0 Å². The Hall–Kier alpha value is -1.14. The number of nitrogens with zero attached hydrogens (tertiary/aromatic N) is 4. The van der Waals surface area contributed by atoms with Gasteiger partial charge in [-0.05, 0) is 11.6 Å². The Balaban J connectivity index is 2.51. The van der Waals surface area contributed by atoms with E-state index in [1.807, 2.05) is 6.92 Å². The highest BCUT2D eigenvalue weighted by atomic mass is 19.4. The van der Waals surface area contributed by atoms with Crippen LogP contribution in [-0.2, 0) is 12.7 Å². The van der Waals surface area contributed by atoms with Gasteiger partial charge < -0.3 is 0 Å². The normalized spacial score (nSPS) is 12.0. The van der Waals surface area contributed by atoms with E-state index in [2.05, 4.69) is 15.4 Å². The highest BCUT2D eigenvalue weighted by molar-refractivity contribution is 4.76. The van der Waals surface area contributed by atoms with Gasteiger partial charge in [-0.25, -0.2) is 0 Å². The summed E-state index contributed by atoms with van der Waals surface area (Å²) in [5.41, 5.74) is 0. The lowest BCUT2D eigenvalue weighted by Crippen LogP contribution is -2.20. The zero-order valence-electron chi connectivity index (χ0n) is 7.75. The van der Waals surface area contributed by atoms with Crippen LogP contribution in [0.3, 0.4) is 0 Å². The molecule has 0 amide bonds. The molecule has 0 aromatic carbocycles. The molecular formula is C7H11F3N4. The Kier molecular flexibility index (Phi) is 3.43. The van der Waals surface area contributed by atoms with Crippen molar-refractivity contribution >= 4 is 0 Å². The SMILES string of the molecule is CCCCCc1nnn(C(F)(F)F)n1.